The van der Waals surface area contributed by atoms with Gasteiger partial charge in [-0.1, -0.05) is 67.8 Å². The third kappa shape index (κ3) is 3.24. The molecule has 4 rings (SSSR count). The Bertz CT molecular complexity index is 767. The number of amides is 1. The van der Waals surface area contributed by atoms with Crippen molar-refractivity contribution in [2.24, 2.45) is 5.92 Å². The first kappa shape index (κ1) is 16.8. The maximum atomic E-state index is 12.2. The van der Waals surface area contributed by atoms with Crippen LogP contribution in [0, 0.1) is 5.92 Å². The molecule has 0 unspecified atom stereocenters. The van der Waals surface area contributed by atoms with Crippen LogP contribution in [0.4, 0.5) is 4.79 Å². The maximum absolute atomic E-state index is 12.2. The molecule has 0 saturated heterocycles. The highest BCUT2D eigenvalue weighted by Gasteiger charge is 2.29. The van der Waals surface area contributed by atoms with Crippen molar-refractivity contribution in [2.45, 2.75) is 37.6 Å². The Morgan fingerprint density at radius 1 is 1.08 bits per heavy atom. The quantitative estimate of drug-likeness (QED) is 0.792. The fourth-order valence-corrected chi connectivity index (χ4v) is 4.03. The van der Waals surface area contributed by atoms with Crippen molar-refractivity contribution in [3.8, 4) is 11.1 Å². The number of fused-ring (bicyclic) bond motifs is 3. The van der Waals surface area contributed by atoms with Crippen molar-refractivity contribution in [3.05, 3.63) is 59.7 Å². The second-order valence-corrected chi connectivity index (χ2v) is 7.25. The molecule has 4 heteroatoms. The lowest BCUT2D eigenvalue weighted by atomic mass is 9.81. The van der Waals surface area contributed by atoms with Gasteiger partial charge in [-0.25, -0.2) is 4.79 Å². The molecular formula is C22H23NO3. The number of alkyl carbamates (subject to hydrolysis) is 1. The van der Waals surface area contributed by atoms with E-state index in [-0.39, 0.29) is 12.5 Å². The molecule has 1 saturated carbocycles. The summed E-state index contributed by atoms with van der Waals surface area (Å²) in [5, 5.41) is 2.71. The van der Waals surface area contributed by atoms with E-state index >= 15 is 0 Å². The topological polar surface area (TPSA) is 55.4 Å². The largest absolute Gasteiger partial charge is 0.449 e. The van der Waals surface area contributed by atoms with E-state index in [1.54, 1.807) is 0 Å². The molecule has 1 atom stereocenters. The molecule has 1 fully saturated rings. The number of ether oxygens (including phenoxy) is 1. The van der Waals surface area contributed by atoms with Gasteiger partial charge in [0.15, 0.2) is 0 Å². The summed E-state index contributed by atoms with van der Waals surface area (Å²) in [5.41, 5.74) is 4.77. The molecule has 0 spiro atoms. The predicted octanol–water partition coefficient (Wildman–Crippen LogP) is 4.28. The molecule has 4 nitrogen and oxygen atoms in total. The van der Waals surface area contributed by atoms with Crippen molar-refractivity contribution in [2.75, 3.05) is 6.61 Å². The SMILES string of the molecule is O=C[C@H](CC1CCC1)NC(=O)OCC1c2ccccc2-c2ccccc21. The fourth-order valence-electron chi connectivity index (χ4n) is 4.03. The minimum absolute atomic E-state index is 0.0365. The summed E-state index contributed by atoms with van der Waals surface area (Å²) < 4.78 is 5.50. The van der Waals surface area contributed by atoms with Crippen LogP contribution in [0.1, 0.15) is 42.7 Å². The van der Waals surface area contributed by atoms with Crippen LogP contribution >= 0.6 is 0 Å². The average molecular weight is 349 g/mol. The number of hydrogen-bond donors (Lipinski definition) is 1. The van der Waals surface area contributed by atoms with Gasteiger partial charge in [0, 0.05) is 5.92 Å². The summed E-state index contributed by atoms with van der Waals surface area (Å²) in [6.45, 7) is 0.273. The Labute approximate surface area is 153 Å². The zero-order valence-electron chi connectivity index (χ0n) is 14.7. The van der Waals surface area contributed by atoms with Gasteiger partial charge in [0.05, 0.1) is 6.04 Å². The van der Waals surface area contributed by atoms with Crippen LogP contribution in [0.2, 0.25) is 0 Å². The van der Waals surface area contributed by atoms with E-state index in [0.29, 0.717) is 12.3 Å². The second-order valence-electron chi connectivity index (χ2n) is 7.25. The first-order chi connectivity index (χ1) is 12.8. The number of nitrogens with one attached hydrogen (secondary N) is 1. The number of carbonyl (C=O) groups excluding carboxylic acids is 2. The molecule has 0 aliphatic heterocycles. The first-order valence-electron chi connectivity index (χ1n) is 9.33. The zero-order chi connectivity index (χ0) is 17.9. The van der Waals surface area contributed by atoms with Gasteiger partial charge in [0.25, 0.3) is 0 Å². The lowest BCUT2D eigenvalue weighted by Gasteiger charge is -2.27. The van der Waals surface area contributed by atoms with Crippen molar-refractivity contribution in [1.82, 2.24) is 5.32 Å². The third-order valence-corrected chi connectivity index (χ3v) is 5.62. The van der Waals surface area contributed by atoms with Gasteiger partial charge in [-0.3, -0.25) is 0 Å². The Hall–Kier alpha value is -2.62. The van der Waals surface area contributed by atoms with E-state index in [4.69, 9.17) is 4.74 Å². The van der Waals surface area contributed by atoms with Gasteiger partial charge in [0.2, 0.25) is 0 Å². The summed E-state index contributed by atoms with van der Waals surface area (Å²) in [7, 11) is 0. The average Bonchev–Trinajstić information content (AvgIpc) is 2.96. The highest BCUT2D eigenvalue weighted by Crippen LogP contribution is 2.44. The molecule has 0 heterocycles. The number of aldehydes is 1. The van der Waals surface area contributed by atoms with E-state index in [9.17, 15) is 9.59 Å². The maximum Gasteiger partial charge on any atom is 0.407 e. The molecule has 134 valence electrons. The molecule has 2 aromatic rings. The summed E-state index contributed by atoms with van der Waals surface area (Å²) in [6, 6.07) is 16.0. The number of benzene rings is 2. The van der Waals surface area contributed by atoms with Crippen LogP contribution in [0.5, 0.6) is 0 Å². The molecule has 2 aliphatic carbocycles. The van der Waals surface area contributed by atoms with Gasteiger partial charge in [-0.15, -0.1) is 0 Å². The van der Waals surface area contributed by atoms with Crippen molar-refractivity contribution in [3.63, 3.8) is 0 Å². The van der Waals surface area contributed by atoms with Crippen molar-refractivity contribution < 1.29 is 14.3 Å². The Morgan fingerprint density at radius 2 is 1.69 bits per heavy atom. The summed E-state index contributed by atoms with van der Waals surface area (Å²) in [6.07, 6.45) is 4.55. The number of rotatable bonds is 6. The molecule has 2 aliphatic rings. The van der Waals surface area contributed by atoms with Crippen molar-refractivity contribution in [1.29, 1.82) is 0 Å². The van der Waals surface area contributed by atoms with E-state index in [0.717, 1.165) is 19.1 Å². The molecule has 1 N–H and O–H groups in total. The second kappa shape index (κ2) is 7.32. The van der Waals surface area contributed by atoms with Gasteiger partial charge in [-0.2, -0.15) is 0 Å². The van der Waals surface area contributed by atoms with Crippen LogP contribution in [0.3, 0.4) is 0 Å². The normalized spacial score (nSPS) is 16.9. The molecule has 0 radical (unpaired) electrons. The van der Waals surface area contributed by atoms with Crippen molar-refractivity contribution >= 4 is 12.4 Å². The van der Waals surface area contributed by atoms with Gasteiger partial charge < -0.3 is 14.8 Å². The Kier molecular flexibility index (Phi) is 4.74. The predicted molar refractivity (Wildman–Crippen MR) is 100 cm³/mol. The van der Waals surface area contributed by atoms with Gasteiger partial charge in [-0.05, 0) is 34.6 Å². The van der Waals surface area contributed by atoms with Crippen LogP contribution < -0.4 is 5.32 Å². The minimum atomic E-state index is -0.511. The lowest BCUT2D eigenvalue weighted by Crippen LogP contribution is -2.39. The standard InChI is InChI=1S/C22H23NO3/c24-13-16(12-15-6-5-7-15)23-22(25)26-14-21-19-10-3-1-8-17(19)18-9-2-4-11-20(18)21/h1-4,8-11,13,15-16,21H,5-7,12,14H2,(H,23,25)/t16-/m0/s1. The number of carbonyl (C=O) groups is 2. The van der Waals surface area contributed by atoms with Crippen LogP contribution in [0.15, 0.2) is 48.5 Å². The van der Waals surface area contributed by atoms with Crippen LogP contribution in [-0.2, 0) is 9.53 Å². The minimum Gasteiger partial charge on any atom is -0.449 e. The number of hydrogen-bond acceptors (Lipinski definition) is 3. The monoisotopic (exact) mass is 349 g/mol. The van der Waals surface area contributed by atoms with E-state index in [1.165, 1.54) is 28.7 Å². The smallest absolute Gasteiger partial charge is 0.407 e. The summed E-state index contributed by atoms with van der Waals surface area (Å²) >= 11 is 0. The third-order valence-electron chi connectivity index (χ3n) is 5.62. The first-order valence-corrected chi connectivity index (χ1v) is 9.33. The fraction of sp³-hybridized carbons (Fsp3) is 0.364. The molecule has 1 amide bonds. The van der Waals surface area contributed by atoms with Crippen LogP contribution in [-0.4, -0.2) is 25.0 Å². The van der Waals surface area contributed by atoms with E-state index < -0.39 is 12.1 Å². The Morgan fingerprint density at radius 3 is 2.23 bits per heavy atom. The molecular weight excluding hydrogens is 326 g/mol. The van der Waals surface area contributed by atoms with Crippen LogP contribution in [0.25, 0.3) is 11.1 Å². The van der Waals surface area contributed by atoms with Gasteiger partial charge >= 0.3 is 6.09 Å². The molecule has 26 heavy (non-hydrogen) atoms. The molecule has 2 aromatic carbocycles. The van der Waals surface area contributed by atoms with E-state index in [2.05, 4.69) is 29.6 Å². The molecule has 0 bridgehead atoms. The molecule has 0 aromatic heterocycles. The van der Waals surface area contributed by atoms with Gasteiger partial charge in [0.1, 0.15) is 12.9 Å². The summed E-state index contributed by atoms with van der Waals surface area (Å²) in [5.74, 6) is 0.591. The van der Waals surface area contributed by atoms with E-state index in [1.807, 2.05) is 24.3 Å². The highest BCUT2D eigenvalue weighted by molar-refractivity contribution is 5.79. The highest BCUT2D eigenvalue weighted by atomic mass is 16.5. The Balaban J connectivity index is 1.41. The lowest BCUT2D eigenvalue weighted by molar-refractivity contribution is -0.110. The summed E-state index contributed by atoms with van der Waals surface area (Å²) in [4.78, 5) is 23.4. The zero-order valence-corrected chi connectivity index (χ0v) is 14.7.